The van der Waals surface area contributed by atoms with Crippen molar-refractivity contribution < 1.29 is 19.7 Å². The molecule has 0 spiro atoms. The van der Waals surface area contributed by atoms with Gasteiger partial charge in [-0.25, -0.2) is 5.43 Å². The van der Waals surface area contributed by atoms with Crippen molar-refractivity contribution in [2.75, 3.05) is 11.9 Å². The van der Waals surface area contributed by atoms with Crippen LogP contribution in [0.5, 0.6) is 5.75 Å². The Kier molecular flexibility index (Phi) is 5.82. The maximum Gasteiger partial charge on any atom is 0.276 e. The van der Waals surface area contributed by atoms with E-state index in [2.05, 4.69) is 15.8 Å². The highest BCUT2D eigenvalue weighted by atomic mass is 16.6. The molecule has 2 N–H and O–H groups in total. The van der Waals surface area contributed by atoms with Crippen LogP contribution in [0.4, 0.5) is 17.1 Å². The summed E-state index contributed by atoms with van der Waals surface area (Å²) in [4.78, 5) is 31.8. The molecule has 0 aliphatic rings. The third-order valence-corrected chi connectivity index (χ3v) is 4.09. The van der Waals surface area contributed by atoms with Gasteiger partial charge < -0.3 is 10.4 Å². The van der Waals surface area contributed by atoms with Crippen molar-refractivity contribution in [1.82, 2.24) is 5.43 Å². The van der Waals surface area contributed by atoms with E-state index in [9.17, 15) is 30.1 Å². The fraction of sp³-hybridized carbons (Fsp3) is 0.0526. The van der Waals surface area contributed by atoms with Crippen LogP contribution in [0.15, 0.2) is 59.7 Å². The maximum absolute atomic E-state index is 12.0. The molecule has 0 saturated heterocycles. The van der Waals surface area contributed by atoms with Crippen LogP contribution in [0, 0.1) is 20.2 Å². The zero-order chi connectivity index (χ0) is 21.7. The number of amides is 1. The molecule has 0 radical (unpaired) electrons. The summed E-state index contributed by atoms with van der Waals surface area (Å²) in [6, 6.07) is 14.7. The number of hydrogen-bond donors (Lipinski definition) is 2. The van der Waals surface area contributed by atoms with Gasteiger partial charge in [-0.15, -0.1) is 0 Å². The van der Waals surface area contributed by atoms with Crippen LogP contribution >= 0.6 is 0 Å². The second-order valence-corrected chi connectivity index (χ2v) is 6.11. The summed E-state index contributed by atoms with van der Waals surface area (Å²) in [7, 11) is 0. The normalized spacial score (nSPS) is 10.8. The van der Waals surface area contributed by atoms with Crippen LogP contribution in [0.25, 0.3) is 10.8 Å². The Hall–Kier alpha value is -4.54. The molecular formula is C19H14N5O6-. The SMILES string of the molecule is O=C(CNc1ccc2ccccc2c1)N/N=C\c1cc([N+](=O)[O-])cc([N+](=O)[O-])c1[O-]. The maximum atomic E-state index is 12.0. The van der Waals surface area contributed by atoms with E-state index in [1.54, 1.807) is 0 Å². The van der Waals surface area contributed by atoms with Crippen molar-refractivity contribution in [2.24, 2.45) is 5.10 Å². The number of hydrazone groups is 1. The van der Waals surface area contributed by atoms with E-state index in [0.29, 0.717) is 11.8 Å². The molecule has 0 aromatic heterocycles. The van der Waals surface area contributed by atoms with Gasteiger partial charge in [0, 0.05) is 17.3 Å². The molecule has 0 unspecified atom stereocenters. The molecule has 30 heavy (non-hydrogen) atoms. The first-order valence-corrected chi connectivity index (χ1v) is 8.53. The van der Waals surface area contributed by atoms with Gasteiger partial charge in [-0.1, -0.05) is 30.3 Å². The molecule has 0 fully saturated rings. The number of benzene rings is 3. The fourth-order valence-corrected chi connectivity index (χ4v) is 2.65. The summed E-state index contributed by atoms with van der Waals surface area (Å²) in [5.74, 6) is -1.59. The van der Waals surface area contributed by atoms with E-state index in [-0.39, 0.29) is 6.54 Å². The quantitative estimate of drug-likeness (QED) is 0.344. The number of nitrogens with zero attached hydrogens (tertiary/aromatic N) is 3. The van der Waals surface area contributed by atoms with Gasteiger partial charge in [0.2, 0.25) is 0 Å². The van der Waals surface area contributed by atoms with E-state index >= 15 is 0 Å². The van der Waals surface area contributed by atoms with Gasteiger partial charge in [0.15, 0.2) is 0 Å². The molecule has 0 heterocycles. The minimum atomic E-state index is -1.04. The molecule has 11 nitrogen and oxygen atoms in total. The summed E-state index contributed by atoms with van der Waals surface area (Å²) in [6.07, 6.45) is 0.830. The first-order valence-electron chi connectivity index (χ1n) is 8.53. The smallest absolute Gasteiger partial charge is 0.276 e. The Labute approximate surface area is 168 Å². The molecule has 11 heteroatoms. The van der Waals surface area contributed by atoms with Gasteiger partial charge in [-0.3, -0.25) is 25.0 Å². The second-order valence-electron chi connectivity index (χ2n) is 6.11. The minimum Gasteiger partial charge on any atom is -0.867 e. The molecule has 3 rings (SSSR count). The molecule has 1 amide bonds. The Morgan fingerprint density at radius 3 is 2.43 bits per heavy atom. The van der Waals surface area contributed by atoms with Crippen molar-refractivity contribution in [2.45, 2.75) is 0 Å². The molecule has 0 saturated carbocycles. The van der Waals surface area contributed by atoms with E-state index < -0.39 is 38.4 Å². The van der Waals surface area contributed by atoms with E-state index in [0.717, 1.165) is 23.1 Å². The van der Waals surface area contributed by atoms with Gasteiger partial charge in [0.25, 0.3) is 17.3 Å². The third kappa shape index (κ3) is 4.65. The van der Waals surface area contributed by atoms with Crippen LogP contribution < -0.4 is 15.8 Å². The van der Waals surface area contributed by atoms with Crippen LogP contribution in [-0.4, -0.2) is 28.5 Å². The van der Waals surface area contributed by atoms with Crippen LogP contribution in [0.3, 0.4) is 0 Å². The van der Waals surface area contributed by atoms with E-state index in [4.69, 9.17) is 0 Å². The molecule has 0 bridgehead atoms. The van der Waals surface area contributed by atoms with Gasteiger partial charge in [0.05, 0.1) is 28.7 Å². The van der Waals surface area contributed by atoms with Gasteiger partial charge in [0.1, 0.15) is 0 Å². The van der Waals surface area contributed by atoms with Crippen LogP contribution in [0.2, 0.25) is 0 Å². The molecule has 3 aromatic rings. The standard InChI is InChI=1S/C19H15N5O6/c25-18(11-20-15-6-5-12-3-1-2-4-13(12)7-15)22-21-10-14-8-16(23(27)28)9-17(19(14)26)24(29)30/h1-10,20,26H,11H2,(H,22,25)/p-1/b21-10-. The lowest BCUT2D eigenvalue weighted by Gasteiger charge is -2.10. The highest BCUT2D eigenvalue weighted by molar-refractivity contribution is 5.89. The van der Waals surface area contributed by atoms with Crippen molar-refractivity contribution in [3.8, 4) is 5.75 Å². The molecule has 0 atom stereocenters. The third-order valence-electron chi connectivity index (χ3n) is 4.09. The molecule has 152 valence electrons. The lowest BCUT2D eigenvalue weighted by molar-refractivity contribution is -0.403. The van der Waals surface area contributed by atoms with E-state index in [1.807, 2.05) is 42.5 Å². The number of hydrogen-bond acceptors (Lipinski definition) is 8. The Morgan fingerprint density at radius 1 is 1.00 bits per heavy atom. The topological polar surface area (TPSA) is 163 Å². The van der Waals surface area contributed by atoms with Crippen LogP contribution in [0.1, 0.15) is 5.56 Å². The first-order chi connectivity index (χ1) is 14.3. The molecule has 3 aromatic carbocycles. The number of fused-ring (bicyclic) bond motifs is 1. The Balaban J connectivity index is 1.65. The first kappa shape index (κ1) is 20.2. The van der Waals surface area contributed by atoms with Crippen molar-refractivity contribution in [1.29, 1.82) is 0 Å². The van der Waals surface area contributed by atoms with E-state index in [1.165, 1.54) is 0 Å². The highest BCUT2D eigenvalue weighted by Gasteiger charge is 2.18. The largest absolute Gasteiger partial charge is 0.867 e. The number of anilines is 1. The number of nitro groups is 2. The van der Waals surface area contributed by atoms with Crippen molar-refractivity contribution >= 4 is 40.0 Å². The zero-order valence-electron chi connectivity index (χ0n) is 15.3. The van der Waals surface area contributed by atoms with Crippen LogP contribution in [-0.2, 0) is 4.79 Å². The van der Waals surface area contributed by atoms with Gasteiger partial charge in [-0.05, 0) is 28.7 Å². The number of nitrogens with one attached hydrogen (secondary N) is 2. The summed E-state index contributed by atoms with van der Waals surface area (Å²) >= 11 is 0. The molecular weight excluding hydrogens is 394 g/mol. The number of non-ortho nitro benzene ring substituents is 1. The number of rotatable bonds is 7. The summed E-state index contributed by atoms with van der Waals surface area (Å²) in [6.45, 7) is -0.130. The lowest BCUT2D eigenvalue weighted by Crippen LogP contribution is -2.25. The minimum absolute atomic E-state index is 0.130. The predicted molar refractivity (Wildman–Crippen MR) is 107 cm³/mol. The fourth-order valence-electron chi connectivity index (χ4n) is 2.65. The highest BCUT2D eigenvalue weighted by Crippen LogP contribution is 2.31. The lowest BCUT2D eigenvalue weighted by atomic mass is 10.1. The average molecular weight is 408 g/mol. The van der Waals surface area contributed by atoms with Gasteiger partial charge >= 0.3 is 0 Å². The zero-order valence-corrected chi connectivity index (χ0v) is 15.3. The Bertz CT molecular complexity index is 1180. The number of carbonyl (C=O) groups is 1. The number of carbonyl (C=O) groups excluding carboxylic acids is 1. The summed E-state index contributed by atoms with van der Waals surface area (Å²) < 4.78 is 0. The van der Waals surface area contributed by atoms with Crippen molar-refractivity contribution in [3.63, 3.8) is 0 Å². The van der Waals surface area contributed by atoms with Crippen molar-refractivity contribution in [3.05, 3.63) is 80.4 Å². The van der Waals surface area contributed by atoms with Gasteiger partial charge in [-0.2, -0.15) is 5.10 Å². The summed E-state index contributed by atoms with van der Waals surface area (Å²) in [5.41, 5.74) is 0.893. The molecule has 0 aliphatic carbocycles. The Morgan fingerprint density at radius 2 is 1.73 bits per heavy atom. The molecule has 0 aliphatic heterocycles. The summed E-state index contributed by atoms with van der Waals surface area (Å²) in [5, 5.41) is 42.3. The predicted octanol–water partition coefficient (Wildman–Crippen LogP) is 2.29. The second kappa shape index (κ2) is 8.65. The average Bonchev–Trinajstić information content (AvgIpc) is 2.72. The monoisotopic (exact) mass is 408 g/mol. The number of nitro benzene ring substituents is 2.